The zero-order chi connectivity index (χ0) is 45.7. The molecular weight excluding hydrogens is 847 g/mol. The van der Waals surface area contributed by atoms with Crippen LogP contribution in [-0.2, 0) is 28.8 Å². The van der Waals surface area contributed by atoms with Gasteiger partial charge in [0.25, 0.3) is 5.91 Å². The third-order valence-corrected chi connectivity index (χ3v) is 11.3. The van der Waals surface area contributed by atoms with E-state index in [1.165, 1.54) is 14.2 Å². The van der Waals surface area contributed by atoms with Crippen molar-refractivity contribution in [2.45, 2.75) is 49.5 Å². The molecule has 16 nitrogen and oxygen atoms in total. The number of carboxylic acid groups (broad SMARTS) is 3. The van der Waals surface area contributed by atoms with Gasteiger partial charge in [-0.2, -0.15) is 10.3 Å². The number of anilines is 1. The van der Waals surface area contributed by atoms with Gasteiger partial charge in [0.1, 0.15) is 11.8 Å². The van der Waals surface area contributed by atoms with E-state index < -0.39 is 42.3 Å². The van der Waals surface area contributed by atoms with Gasteiger partial charge in [-0.15, -0.1) is 0 Å². The second-order valence-corrected chi connectivity index (χ2v) is 15.4. The van der Waals surface area contributed by atoms with Crippen molar-refractivity contribution in [3.63, 3.8) is 0 Å². The van der Waals surface area contributed by atoms with E-state index in [1.54, 1.807) is 30.1 Å². The van der Waals surface area contributed by atoms with Gasteiger partial charge >= 0.3 is 23.8 Å². The van der Waals surface area contributed by atoms with Gasteiger partial charge < -0.3 is 35.0 Å². The number of carbonyl (C=O) groups is 6. The van der Waals surface area contributed by atoms with Crippen molar-refractivity contribution in [3.05, 3.63) is 105 Å². The van der Waals surface area contributed by atoms with Crippen LogP contribution in [0.3, 0.4) is 0 Å². The highest BCUT2D eigenvalue weighted by atomic mass is 35.5. The Morgan fingerprint density at radius 3 is 2.13 bits per heavy atom. The molecule has 1 heterocycles. The molecule has 328 valence electrons. The summed E-state index contributed by atoms with van der Waals surface area (Å²) in [5.74, 6) is -5.63. The second kappa shape index (κ2) is 22.1. The van der Waals surface area contributed by atoms with E-state index >= 15 is 0 Å². The molecule has 4 aromatic carbocycles. The summed E-state index contributed by atoms with van der Waals surface area (Å²) in [6.07, 6.45) is 0.436. The number of benzene rings is 4. The minimum absolute atomic E-state index is 0.0665. The fourth-order valence-corrected chi connectivity index (χ4v) is 7.77. The van der Waals surface area contributed by atoms with Gasteiger partial charge in [0, 0.05) is 19.5 Å². The number of methoxy groups -OCH3 is 1. The number of hydrogen-bond acceptors (Lipinski definition) is 11. The Morgan fingerprint density at radius 2 is 1.56 bits per heavy atom. The van der Waals surface area contributed by atoms with Crippen molar-refractivity contribution in [2.75, 3.05) is 52.5 Å². The van der Waals surface area contributed by atoms with Crippen molar-refractivity contribution in [3.8, 4) is 11.8 Å². The van der Waals surface area contributed by atoms with Crippen LogP contribution in [0.2, 0.25) is 10.0 Å². The molecule has 2 amide bonds. The summed E-state index contributed by atoms with van der Waals surface area (Å²) in [4.78, 5) is 77.4. The van der Waals surface area contributed by atoms with Gasteiger partial charge in [0.15, 0.2) is 5.60 Å². The quantitative estimate of drug-likeness (QED) is 0.0541. The first-order chi connectivity index (χ1) is 29.5. The molecule has 0 spiro atoms. The second-order valence-electron chi connectivity index (χ2n) is 14.6. The van der Waals surface area contributed by atoms with Crippen LogP contribution in [-0.4, -0.2) is 119 Å². The molecule has 1 fully saturated rings. The minimum atomic E-state index is -2.74. The van der Waals surface area contributed by atoms with Crippen LogP contribution in [0.15, 0.2) is 72.8 Å². The number of rotatable bonds is 17. The molecule has 1 unspecified atom stereocenters. The number of aldehydes is 1. The number of para-hydroxylation sites is 1. The van der Waals surface area contributed by atoms with Gasteiger partial charge in [-0.25, -0.2) is 4.79 Å². The number of hydroxylamine groups is 1. The van der Waals surface area contributed by atoms with E-state index in [1.807, 2.05) is 54.6 Å². The highest BCUT2D eigenvalue weighted by molar-refractivity contribution is 6.42. The monoisotopic (exact) mass is 892 g/mol. The molecule has 1 atom stereocenters. The third-order valence-electron chi connectivity index (χ3n) is 10.5. The highest BCUT2D eigenvalue weighted by Gasteiger charge is 2.41. The zero-order valence-electron chi connectivity index (χ0n) is 34.1. The topological polar surface area (TPSA) is 235 Å². The molecule has 0 saturated carbocycles. The molecule has 0 radical (unpaired) electrons. The molecule has 4 N–H and O–H groups in total. The molecule has 5 rings (SSSR count). The van der Waals surface area contributed by atoms with Gasteiger partial charge in [-0.05, 0) is 91.0 Å². The first kappa shape index (κ1) is 48.6. The van der Waals surface area contributed by atoms with Crippen LogP contribution in [0.25, 0.3) is 10.8 Å². The number of likely N-dealkylation sites (N-methyl/N-ethyl adjacent to an activating group) is 1. The molecule has 0 aromatic heterocycles. The maximum Gasteiger partial charge on any atom is 0.336 e. The molecule has 0 bridgehead atoms. The number of fused-ring (bicyclic) bond motifs is 1. The van der Waals surface area contributed by atoms with Crippen LogP contribution in [0.5, 0.6) is 5.75 Å². The first-order valence-electron chi connectivity index (χ1n) is 19.2. The number of halogens is 2. The summed E-state index contributed by atoms with van der Waals surface area (Å²) in [6, 6.07) is 24.5. The maximum atomic E-state index is 14.2. The number of nitrogens with zero attached hydrogens (tertiary/aromatic N) is 4. The lowest BCUT2D eigenvalue weighted by Gasteiger charge is -2.35. The van der Waals surface area contributed by atoms with Crippen LogP contribution < -0.4 is 9.80 Å². The van der Waals surface area contributed by atoms with E-state index in [4.69, 9.17) is 53.2 Å². The Kier molecular flexibility index (Phi) is 17.3. The van der Waals surface area contributed by atoms with Crippen molar-refractivity contribution >= 4 is 75.7 Å². The summed E-state index contributed by atoms with van der Waals surface area (Å²) in [5.41, 5.74) is 0.443. The number of ether oxygens (including phenoxy) is 1. The summed E-state index contributed by atoms with van der Waals surface area (Å²) < 4.78 is 5.63. The molecule has 18 heteroatoms. The SMILES string of the molecule is COc1c(C#N)cc2ccccc2c1C(=O)N(C)CC(CCN1CCC(c2ccccc2N(OC)C(=O)C=O)CC1)c1ccc(Cl)c(Cl)c1.O=C(O)CC(O)(CC(=O)O)C(=O)O. The average molecular weight is 894 g/mol. The normalized spacial score (nSPS) is 13.5. The molecule has 1 aliphatic heterocycles. The van der Waals surface area contributed by atoms with E-state index in [9.17, 15) is 34.0 Å². The number of amides is 2. The number of likely N-dealkylation sites (tertiary alicyclic amines) is 1. The summed E-state index contributed by atoms with van der Waals surface area (Å²) in [5, 5.41) is 47.1. The number of nitriles is 1. The standard InChI is InChI=1S/C38H38Cl2N4O5.C6H8O7/c1-42(38(47)36-31-10-5-4-8-27(31)20-29(22-41)37(36)48-2)23-28(26-12-13-32(39)33(40)21-26)16-19-43-17-14-25(15-18-43)30-9-6-7-11-34(30)44(49-3)35(46)24-45;7-3(8)1-6(13,5(11)12)2-4(9)10/h4-13,20-21,24-25,28H,14-19,23H2,1-3H3;13H,1-2H2,(H,7,8)(H,9,10)(H,11,12). The largest absolute Gasteiger partial charge is 0.495 e. The van der Waals surface area contributed by atoms with E-state index in [0.29, 0.717) is 33.4 Å². The van der Waals surface area contributed by atoms with Crippen LogP contribution in [0.4, 0.5) is 5.69 Å². The molecule has 0 aliphatic carbocycles. The lowest BCUT2D eigenvalue weighted by molar-refractivity contribution is -0.170. The van der Waals surface area contributed by atoms with Gasteiger partial charge in [-0.3, -0.25) is 28.8 Å². The number of carbonyl (C=O) groups excluding carboxylic acids is 3. The van der Waals surface area contributed by atoms with E-state index in [-0.39, 0.29) is 29.8 Å². The van der Waals surface area contributed by atoms with Crippen LogP contribution >= 0.6 is 23.2 Å². The number of carboxylic acids is 3. The van der Waals surface area contributed by atoms with Crippen molar-refractivity contribution < 1.29 is 58.8 Å². The predicted octanol–water partition coefficient (Wildman–Crippen LogP) is 6.00. The Morgan fingerprint density at radius 1 is 0.935 bits per heavy atom. The van der Waals surface area contributed by atoms with Gasteiger partial charge in [0.2, 0.25) is 6.29 Å². The lowest BCUT2D eigenvalue weighted by atomic mass is 9.87. The van der Waals surface area contributed by atoms with Gasteiger partial charge in [0.05, 0.1) is 53.9 Å². The average Bonchev–Trinajstić information content (AvgIpc) is 3.25. The first-order valence-corrected chi connectivity index (χ1v) is 20.0. The zero-order valence-corrected chi connectivity index (χ0v) is 35.6. The third kappa shape index (κ3) is 12.1. The molecule has 62 heavy (non-hydrogen) atoms. The Hall–Kier alpha value is -6.09. The van der Waals surface area contributed by atoms with Crippen molar-refractivity contribution in [1.82, 2.24) is 9.80 Å². The number of aliphatic hydroxyl groups is 1. The Bertz CT molecular complexity index is 2330. The smallest absolute Gasteiger partial charge is 0.336 e. The number of hydrogen-bond donors (Lipinski definition) is 4. The lowest BCUT2D eigenvalue weighted by Crippen LogP contribution is -2.42. The molecule has 1 aliphatic rings. The fraction of sp³-hybridized carbons (Fsp3) is 0.341. The van der Waals surface area contributed by atoms with E-state index in [2.05, 4.69) is 11.0 Å². The molecule has 1 saturated heterocycles. The fourth-order valence-electron chi connectivity index (χ4n) is 7.46. The summed E-state index contributed by atoms with van der Waals surface area (Å²) in [7, 11) is 4.61. The molecular formula is C44H46Cl2N4O12. The Labute approximate surface area is 367 Å². The molecule has 4 aromatic rings. The number of aliphatic carboxylic acids is 3. The van der Waals surface area contributed by atoms with Crippen molar-refractivity contribution in [1.29, 1.82) is 5.26 Å². The Balaban J connectivity index is 0.000000562. The predicted molar refractivity (Wildman–Crippen MR) is 229 cm³/mol. The minimum Gasteiger partial charge on any atom is -0.495 e. The van der Waals surface area contributed by atoms with Gasteiger partial charge in [-0.1, -0.05) is 71.7 Å². The maximum absolute atomic E-state index is 14.2. The van der Waals surface area contributed by atoms with Crippen LogP contribution in [0.1, 0.15) is 71.0 Å². The highest BCUT2D eigenvalue weighted by Crippen LogP contribution is 2.37. The van der Waals surface area contributed by atoms with Crippen molar-refractivity contribution in [2.24, 2.45) is 0 Å². The summed E-state index contributed by atoms with van der Waals surface area (Å²) >= 11 is 12.7. The number of piperidine rings is 1. The van der Waals surface area contributed by atoms with E-state index in [0.717, 1.165) is 65.9 Å². The van der Waals surface area contributed by atoms with Crippen LogP contribution in [0, 0.1) is 11.3 Å². The summed E-state index contributed by atoms with van der Waals surface area (Å²) in [6.45, 7) is 2.85.